The van der Waals surface area contributed by atoms with E-state index in [1.807, 2.05) is 48.0 Å². The second kappa shape index (κ2) is 7.85. The summed E-state index contributed by atoms with van der Waals surface area (Å²) in [6.07, 6.45) is 3.80. The van der Waals surface area contributed by atoms with E-state index in [0.29, 0.717) is 13.0 Å². The Labute approximate surface area is 152 Å². The number of carbonyl (C=O) groups is 1. The molecule has 1 aromatic heterocycles. The van der Waals surface area contributed by atoms with Crippen molar-refractivity contribution in [3.8, 4) is 0 Å². The zero-order chi connectivity index (χ0) is 18.6. The Morgan fingerprint density at radius 1 is 1.27 bits per heavy atom. The summed E-state index contributed by atoms with van der Waals surface area (Å²) in [4.78, 5) is 18.3. The van der Waals surface area contributed by atoms with E-state index < -0.39 is 5.92 Å². The van der Waals surface area contributed by atoms with Crippen LogP contribution in [0.5, 0.6) is 0 Å². The van der Waals surface area contributed by atoms with E-state index in [9.17, 15) is 13.6 Å². The molecule has 0 radical (unpaired) electrons. The molecule has 2 aromatic rings. The molecule has 1 saturated heterocycles. The van der Waals surface area contributed by atoms with Gasteiger partial charge in [0.2, 0.25) is 0 Å². The van der Waals surface area contributed by atoms with Crippen molar-refractivity contribution in [2.75, 3.05) is 13.1 Å². The molecular formula is C19H24F2N4O. The van der Waals surface area contributed by atoms with Crippen LogP contribution in [0.15, 0.2) is 42.7 Å². The number of piperidine rings is 1. The molecule has 0 unspecified atom stereocenters. The number of likely N-dealkylation sites (tertiary alicyclic amines) is 1. The number of carbonyl (C=O) groups excluding carboxylic acids is 1. The molecule has 1 aliphatic heterocycles. The van der Waals surface area contributed by atoms with E-state index >= 15 is 0 Å². The third-order valence-electron chi connectivity index (χ3n) is 4.86. The van der Waals surface area contributed by atoms with Gasteiger partial charge in [-0.3, -0.25) is 0 Å². The lowest BCUT2D eigenvalue weighted by Crippen LogP contribution is -2.48. The Balaban J connectivity index is 1.65. The maximum absolute atomic E-state index is 13.3. The molecule has 1 N–H and O–H groups in total. The van der Waals surface area contributed by atoms with Gasteiger partial charge < -0.3 is 14.8 Å². The molecule has 2 amide bonds. The number of halogens is 2. The highest BCUT2D eigenvalue weighted by Gasteiger charge is 2.36. The molecule has 3 rings (SSSR count). The average molecular weight is 362 g/mol. The predicted octanol–water partition coefficient (Wildman–Crippen LogP) is 3.76. The summed E-state index contributed by atoms with van der Waals surface area (Å²) < 4.78 is 28.7. The van der Waals surface area contributed by atoms with Gasteiger partial charge in [0.25, 0.3) is 5.92 Å². The van der Waals surface area contributed by atoms with E-state index in [-0.39, 0.29) is 38.0 Å². The number of nitrogens with one attached hydrogen (secondary N) is 1. The SMILES string of the molecule is Cc1nccn1CC[C@H](NC(=O)N1CCC(F)(F)CC1)c1ccccc1. The maximum Gasteiger partial charge on any atom is 0.317 e. The summed E-state index contributed by atoms with van der Waals surface area (Å²) in [7, 11) is 0. The number of benzene rings is 1. The van der Waals surface area contributed by atoms with Gasteiger partial charge in [0.15, 0.2) is 0 Å². The number of urea groups is 1. The molecule has 0 saturated carbocycles. The highest BCUT2D eigenvalue weighted by molar-refractivity contribution is 5.74. The topological polar surface area (TPSA) is 50.2 Å². The molecule has 2 heterocycles. The first-order chi connectivity index (χ1) is 12.4. The number of amides is 2. The number of aryl methyl sites for hydroxylation is 2. The van der Waals surface area contributed by atoms with Crippen LogP contribution < -0.4 is 5.32 Å². The first-order valence-corrected chi connectivity index (χ1v) is 8.90. The van der Waals surface area contributed by atoms with Gasteiger partial charge in [0.05, 0.1) is 6.04 Å². The standard InChI is InChI=1S/C19H24F2N4O/c1-15-22-10-14-24(15)11-7-17(16-5-3-2-4-6-16)23-18(26)25-12-8-19(20,21)9-13-25/h2-6,10,14,17H,7-9,11-13H2,1H3,(H,23,26)/t17-/m0/s1. The van der Waals surface area contributed by atoms with E-state index in [1.165, 1.54) is 4.90 Å². The van der Waals surface area contributed by atoms with Gasteiger partial charge in [-0.1, -0.05) is 30.3 Å². The second-order valence-electron chi connectivity index (χ2n) is 6.71. The molecule has 1 aromatic carbocycles. The minimum atomic E-state index is -2.66. The fourth-order valence-electron chi connectivity index (χ4n) is 3.19. The van der Waals surface area contributed by atoms with Gasteiger partial charge in [0, 0.05) is 44.9 Å². The molecule has 26 heavy (non-hydrogen) atoms. The van der Waals surface area contributed by atoms with Crippen molar-refractivity contribution >= 4 is 6.03 Å². The summed E-state index contributed by atoms with van der Waals surface area (Å²) in [5.41, 5.74) is 1.00. The lowest BCUT2D eigenvalue weighted by molar-refractivity contribution is -0.0471. The molecule has 0 aliphatic carbocycles. The summed E-state index contributed by atoms with van der Waals surface area (Å²) in [6.45, 7) is 2.82. The van der Waals surface area contributed by atoms with Gasteiger partial charge in [-0.25, -0.2) is 18.6 Å². The highest BCUT2D eigenvalue weighted by Crippen LogP contribution is 2.28. The number of alkyl halides is 2. The van der Waals surface area contributed by atoms with Crippen LogP contribution in [0.2, 0.25) is 0 Å². The fraction of sp³-hybridized carbons (Fsp3) is 0.474. The second-order valence-corrected chi connectivity index (χ2v) is 6.71. The number of hydrogen-bond acceptors (Lipinski definition) is 2. The van der Waals surface area contributed by atoms with Gasteiger partial charge >= 0.3 is 6.03 Å². The summed E-state index contributed by atoms with van der Waals surface area (Å²) in [5.74, 6) is -1.74. The molecular weight excluding hydrogens is 338 g/mol. The zero-order valence-electron chi connectivity index (χ0n) is 14.9. The van der Waals surface area contributed by atoms with Gasteiger partial charge in [0.1, 0.15) is 5.82 Å². The van der Waals surface area contributed by atoms with Crippen molar-refractivity contribution in [2.45, 2.75) is 44.7 Å². The number of rotatable bonds is 5. The molecule has 0 bridgehead atoms. The fourth-order valence-corrected chi connectivity index (χ4v) is 3.19. The molecule has 1 atom stereocenters. The first kappa shape index (κ1) is 18.4. The summed E-state index contributed by atoms with van der Waals surface area (Å²) in [5, 5.41) is 3.02. The highest BCUT2D eigenvalue weighted by atomic mass is 19.3. The lowest BCUT2D eigenvalue weighted by Gasteiger charge is -2.33. The van der Waals surface area contributed by atoms with Crippen molar-refractivity contribution in [3.05, 3.63) is 54.1 Å². The number of nitrogens with zero attached hydrogens (tertiary/aromatic N) is 3. The first-order valence-electron chi connectivity index (χ1n) is 8.90. The third-order valence-corrected chi connectivity index (χ3v) is 4.86. The van der Waals surface area contributed by atoms with Crippen LogP contribution in [-0.2, 0) is 6.54 Å². The third kappa shape index (κ3) is 4.59. The van der Waals surface area contributed by atoms with Crippen LogP contribution in [0.1, 0.15) is 36.7 Å². The van der Waals surface area contributed by atoms with Crippen LogP contribution in [-0.4, -0.2) is 39.5 Å². The molecule has 1 aliphatic rings. The van der Waals surface area contributed by atoms with Crippen molar-refractivity contribution in [1.29, 1.82) is 0 Å². The minimum Gasteiger partial charge on any atom is -0.335 e. The Kier molecular flexibility index (Phi) is 5.54. The zero-order valence-corrected chi connectivity index (χ0v) is 14.9. The summed E-state index contributed by atoms with van der Waals surface area (Å²) >= 11 is 0. The smallest absolute Gasteiger partial charge is 0.317 e. The van der Waals surface area contributed by atoms with Gasteiger partial charge in [-0.15, -0.1) is 0 Å². The Bertz CT molecular complexity index is 722. The molecule has 1 fully saturated rings. The van der Waals surface area contributed by atoms with Crippen LogP contribution >= 0.6 is 0 Å². The predicted molar refractivity (Wildman–Crippen MR) is 95.0 cm³/mol. The van der Waals surface area contributed by atoms with Crippen LogP contribution in [0.25, 0.3) is 0 Å². The van der Waals surface area contributed by atoms with Crippen molar-refractivity contribution < 1.29 is 13.6 Å². The van der Waals surface area contributed by atoms with Gasteiger partial charge in [-0.2, -0.15) is 0 Å². The number of aromatic nitrogens is 2. The van der Waals surface area contributed by atoms with Crippen molar-refractivity contribution in [3.63, 3.8) is 0 Å². The minimum absolute atomic E-state index is 0.0843. The molecule has 7 heteroatoms. The van der Waals surface area contributed by atoms with Crippen LogP contribution in [0.3, 0.4) is 0 Å². The van der Waals surface area contributed by atoms with Crippen molar-refractivity contribution in [1.82, 2.24) is 19.8 Å². The van der Waals surface area contributed by atoms with Gasteiger partial charge in [-0.05, 0) is 18.9 Å². The number of hydrogen-bond donors (Lipinski definition) is 1. The quantitative estimate of drug-likeness (QED) is 0.880. The largest absolute Gasteiger partial charge is 0.335 e. The molecule has 140 valence electrons. The molecule has 0 spiro atoms. The average Bonchev–Trinajstić information content (AvgIpc) is 3.04. The van der Waals surface area contributed by atoms with E-state index in [2.05, 4.69) is 10.3 Å². The van der Waals surface area contributed by atoms with Crippen LogP contribution in [0.4, 0.5) is 13.6 Å². The summed E-state index contributed by atoms with van der Waals surface area (Å²) in [6, 6.07) is 9.25. The van der Waals surface area contributed by atoms with E-state index in [4.69, 9.17) is 0 Å². The Morgan fingerprint density at radius 2 is 1.96 bits per heavy atom. The number of imidazole rings is 1. The monoisotopic (exact) mass is 362 g/mol. The molecule has 5 nitrogen and oxygen atoms in total. The van der Waals surface area contributed by atoms with Crippen LogP contribution in [0, 0.1) is 6.92 Å². The van der Waals surface area contributed by atoms with E-state index in [0.717, 1.165) is 11.4 Å². The van der Waals surface area contributed by atoms with E-state index in [1.54, 1.807) is 6.20 Å². The van der Waals surface area contributed by atoms with Crippen molar-refractivity contribution in [2.24, 2.45) is 0 Å². The maximum atomic E-state index is 13.3. The normalized spacial score (nSPS) is 17.7. The Morgan fingerprint density at radius 3 is 2.58 bits per heavy atom. The lowest BCUT2D eigenvalue weighted by atomic mass is 10.0. The Hall–Kier alpha value is -2.44.